The summed E-state index contributed by atoms with van der Waals surface area (Å²) in [6, 6.07) is 4.16. The van der Waals surface area contributed by atoms with Gasteiger partial charge in [-0.1, -0.05) is 24.3 Å². The number of aromatic nitrogens is 1. The van der Waals surface area contributed by atoms with E-state index in [0.717, 1.165) is 21.7 Å². The van der Waals surface area contributed by atoms with Crippen molar-refractivity contribution in [1.29, 1.82) is 0 Å². The summed E-state index contributed by atoms with van der Waals surface area (Å²) in [7, 11) is 0. The van der Waals surface area contributed by atoms with Crippen molar-refractivity contribution >= 4 is 11.8 Å². The molecule has 3 rings (SSSR count). The second kappa shape index (κ2) is 3.93. The zero-order chi connectivity index (χ0) is 11.7. The predicted octanol–water partition coefficient (Wildman–Crippen LogP) is 1.94. The molecule has 0 N–H and O–H groups in total. The summed E-state index contributed by atoms with van der Waals surface area (Å²) in [6.45, 7) is 2.08. The van der Waals surface area contributed by atoms with E-state index in [2.05, 4.69) is 35.8 Å². The van der Waals surface area contributed by atoms with Crippen LogP contribution in [0.5, 0.6) is 0 Å². The highest BCUT2D eigenvalue weighted by atomic mass is 16.3. The first-order valence-electron chi connectivity index (χ1n) is 5.48. The van der Waals surface area contributed by atoms with E-state index in [4.69, 9.17) is 4.42 Å². The van der Waals surface area contributed by atoms with Crippen molar-refractivity contribution in [3.8, 4) is 11.3 Å². The van der Waals surface area contributed by atoms with Crippen LogP contribution in [-0.2, 0) is 0 Å². The molecule has 1 aliphatic rings. The molecule has 1 aliphatic carbocycles. The van der Waals surface area contributed by atoms with Gasteiger partial charge < -0.3 is 4.42 Å². The zero-order valence-electron chi connectivity index (χ0n) is 9.47. The minimum absolute atomic E-state index is 0.868. The second-order valence-corrected chi connectivity index (χ2v) is 3.95. The van der Waals surface area contributed by atoms with Crippen LogP contribution in [0.25, 0.3) is 23.1 Å². The lowest BCUT2D eigenvalue weighted by atomic mass is 10.0. The van der Waals surface area contributed by atoms with Crippen molar-refractivity contribution in [2.45, 2.75) is 6.92 Å². The largest absolute Gasteiger partial charge is 0.451 e. The second-order valence-electron chi connectivity index (χ2n) is 3.95. The average molecular weight is 221 g/mol. The smallest absolute Gasteiger partial charge is 0.181 e. The van der Waals surface area contributed by atoms with E-state index >= 15 is 0 Å². The number of hydrogen-bond donors (Lipinski definition) is 0. The molecule has 17 heavy (non-hydrogen) atoms. The minimum atomic E-state index is 0.868. The maximum absolute atomic E-state index is 5.07. The van der Waals surface area contributed by atoms with Gasteiger partial charge in [0, 0.05) is 10.8 Å². The number of allylic oxidation sites excluding steroid dienone is 3. The third-order valence-corrected chi connectivity index (χ3v) is 2.85. The molecule has 0 unspecified atom stereocenters. The Morgan fingerprint density at radius 1 is 1.24 bits per heavy atom. The van der Waals surface area contributed by atoms with E-state index in [-0.39, 0.29) is 0 Å². The Morgan fingerprint density at radius 3 is 3.00 bits per heavy atom. The van der Waals surface area contributed by atoms with Crippen LogP contribution in [0.3, 0.4) is 0 Å². The number of hydrogen-bond acceptors (Lipinski definition) is 2. The van der Waals surface area contributed by atoms with Crippen molar-refractivity contribution in [2.24, 2.45) is 0 Å². The molecule has 0 saturated heterocycles. The number of benzene rings is 1. The molecule has 0 bridgehead atoms. The van der Waals surface area contributed by atoms with Gasteiger partial charge in [-0.2, -0.15) is 0 Å². The van der Waals surface area contributed by atoms with Crippen LogP contribution in [0, 0.1) is 6.92 Å². The Hall–Kier alpha value is -2.31. The Balaban J connectivity index is 2.49. The molecular formula is C15H11NO. The van der Waals surface area contributed by atoms with Gasteiger partial charge in [0.1, 0.15) is 12.0 Å². The third kappa shape index (κ3) is 1.65. The van der Waals surface area contributed by atoms with Crippen LogP contribution >= 0.6 is 0 Å². The van der Waals surface area contributed by atoms with Crippen LogP contribution in [0.2, 0.25) is 0 Å². The topological polar surface area (TPSA) is 26.0 Å². The van der Waals surface area contributed by atoms with Gasteiger partial charge in [-0.25, -0.2) is 4.98 Å². The van der Waals surface area contributed by atoms with E-state index in [0.29, 0.717) is 0 Å². The molecule has 82 valence electrons. The number of rotatable bonds is 1. The number of oxazole rings is 1. The van der Waals surface area contributed by atoms with E-state index < -0.39 is 0 Å². The molecule has 2 heteroatoms. The quantitative estimate of drug-likeness (QED) is 0.735. The van der Waals surface area contributed by atoms with Crippen LogP contribution in [-0.4, -0.2) is 4.98 Å². The lowest BCUT2D eigenvalue weighted by Gasteiger charge is -2.03. The monoisotopic (exact) mass is 221 g/mol. The van der Waals surface area contributed by atoms with E-state index in [1.807, 2.05) is 18.2 Å². The molecule has 2 nitrogen and oxygen atoms in total. The summed E-state index contributed by atoms with van der Waals surface area (Å²) in [5, 5.41) is 2.22. The first kappa shape index (κ1) is 9.88. The number of nitrogens with zero attached hydrogens (tertiary/aromatic N) is 1. The Bertz CT molecular complexity index is 730. The maximum atomic E-state index is 5.07. The average Bonchev–Trinajstić information content (AvgIpc) is 2.74. The Labute approximate surface area is 98.9 Å². The number of aryl methyl sites for hydroxylation is 1. The van der Waals surface area contributed by atoms with Gasteiger partial charge in [-0.05, 0) is 29.8 Å². The van der Waals surface area contributed by atoms with Gasteiger partial charge in [0.05, 0.1) is 0 Å². The fourth-order valence-electron chi connectivity index (χ4n) is 2.05. The molecular weight excluding hydrogens is 210 g/mol. The lowest BCUT2D eigenvalue weighted by Crippen LogP contribution is -2.26. The fourth-order valence-corrected chi connectivity index (χ4v) is 2.05. The summed E-state index contributed by atoms with van der Waals surface area (Å²) in [5.41, 5.74) is 6.42. The van der Waals surface area contributed by atoms with Gasteiger partial charge in [-0.15, -0.1) is 5.73 Å². The Kier molecular flexibility index (Phi) is 2.28. The van der Waals surface area contributed by atoms with E-state index in [1.165, 1.54) is 12.0 Å². The minimum Gasteiger partial charge on any atom is -0.451 e. The van der Waals surface area contributed by atoms with Crippen LogP contribution in [0.1, 0.15) is 5.56 Å². The SMILES string of the molecule is Cc1ccc2c(c1-c1cocn1)=CC=CC=C=2. The van der Waals surface area contributed by atoms with Gasteiger partial charge in [-0.3, -0.25) is 0 Å². The van der Waals surface area contributed by atoms with Crippen LogP contribution < -0.4 is 10.4 Å². The fraction of sp³-hybridized carbons (Fsp3) is 0.0667. The molecule has 0 saturated carbocycles. The molecule has 0 amide bonds. The van der Waals surface area contributed by atoms with Crippen molar-refractivity contribution < 1.29 is 4.42 Å². The van der Waals surface area contributed by atoms with Crippen molar-refractivity contribution in [3.63, 3.8) is 0 Å². The molecule has 0 spiro atoms. The third-order valence-electron chi connectivity index (χ3n) is 2.85. The maximum Gasteiger partial charge on any atom is 0.181 e. The summed E-state index contributed by atoms with van der Waals surface area (Å²) in [5.74, 6) is 0. The highest BCUT2D eigenvalue weighted by molar-refractivity contribution is 5.67. The van der Waals surface area contributed by atoms with Gasteiger partial charge in [0.25, 0.3) is 0 Å². The van der Waals surface area contributed by atoms with Crippen molar-refractivity contribution in [1.82, 2.24) is 4.98 Å². The lowest BCUT2D eigenvalue weighted by molar-refractivity contribution is 0.558. The van der Waals surface area contributed by atoms with Crippen LogP contribution in [0.15, 0.2) is 47.4 Å². The first-order chi connectivity index (χ1) is 8.36. The summed E-state index contributed by atoms with van der Waals surface area (Å²) in [6.07, 6.45) is 11.1. The summed E-state index contributed by atoms with van der Waals surface area (Å²) < 4.78 is 5.07. The number of fused-ring (bicyclic) bond motifs is 1. The van der Waals surface area contributed by atoms with E-state index in [1.54, 1.807) is 6.26 Å². The van der Waals surface area contributed by atoms with Crippen molar-refractivity contribution in [3.05, 3.63) is 59.0 Å². The molecule has 0 aliphatic heterocycles. The van der Waals surface area contributed by atoms with Gasteiger partial charge in [0.2, 0.25) is 0 Å². The predicted molar refractivity (Wildman–Crippen MR) is 67.5 cm³/mol. The molecule has 0 atom stereocenters. The standard InChI is InChI=1S/C15H11NO/c1-11-7-8-12-5-3-2-4-6-13(12)15(11)14-9-17-10-16-14/h2-4,6-10H,1H3. The normalized spacial score (nSPS) is 12.5. The molecule has 1 heterocycles. The molecule has 1 aromatic heterocycles. The van der Waals surface area contributed by atoms with Gasteiger partial charge >= 0.3 is 0 Å². The first-order valence-corrected chi connectivity index (χ1v) is 5.48. The summed E-state index contributed by atoms with van der Waals surface area (Å²) in [4.78, 5) is 4.24. The molecule has 0 radical (unpaired) electrons. The highest BCUT2D eigenvalue weighted by Gasteiger charge is 2.07. The molecule has 1 aromatic carbocycles. The summed E-state index contributed by atoms with van der Waals surface area (Å²) >= 11 is 0. The van der Waals surface area contributed by atoms with Crippen molar-refractivity contribution in [2.75, 3.05) is 0 Å². The van der Waals surface area contributed by atoms with E-state index in [9.17, 15) is 0 Å². The molecule has 0 fully saturated rings. The highest BCUT2D eigenvalue weighted by Crippen LogP contribution is 2.15. The molecule has 2 aromatic rings. The zero-order valence-corrected chi connectivity index (χ0v) is 9.47. The van der Waals surface area contributed by atoms with Crippen LogP contribution in [0.4, 0.5) is 0 Å². The Morgan fingerprint density at radius 2 is 2.18 bits per heavy atom. The van der Waals surface area contributed by atoms with Gasteiger partial charge in [0.15, 0.2) is 6.39 Å².